The second-order valence-electron chi connectivity index (χ2n) is 7.89. The Labute approximate surface area is 167 Å². The summed E-state index contributed by atoms with van der Waals surface area (Å²) >= 11 is 0. The van der Waals surface area contributed by atoms with Crippen LogP contribution in [0.1, 0.15) is 49.0 Å². The van der Waals surface area contributed by atoms with Gasteiger partial charge in [0.05, 0.1) is 10.5 Å². The number of amides is 1. The average Bonchev–Trinajstić information content (AvgIpc) is 2.73. The Bertz CT molecular complexity index is 918. The van der Waals surface area contributed by atoms with Crippen molar-refractivity contribution in [2.24, 2.45) is 0 Å². The predicted molar refractivity (Wildman–Crippen MR) is 111 cm³/mol. The number of carbonyl (C=O) groups excluding carboxylic acids is 1. The van der Waals surface area contributed by atoms with Crippen LogP contribution in [0.4, 0.5) is 0 Å². The molecular weight excluding hydrogens is 372 g/mol. The van der Waals surface area contributed by atoms with Gasteiger partial charge in [-0.05, 0) is 30.5 Å². The van der Waals surface area contributed by atoms with Crippen molar-refractivity contribution < 1.29 is 13.2 Å². The molecule has 0 saturated carbocycles. The van der Waals surface area contributed by atoms with Gasteiger partial charge in [0.1, 0.15) is 0 Å². The van der Waals surface area contributed by atoms with Gasteiger partial charge >= 0.3 is 0 Å². The number of hydrogen-bond acceptors (Lipinski definition) is 3. The van der Waals surface area contributed by atoms with E-state index in [-0.39, 0.29) is 21.8 Å². The van der Waals surface area contributed by atoms with Crippen LogP contribution in [0.15, 0.2) is 59.5 Å². The molecule has 1 aliphatic heterocycles. The maximum Gasteiger partial charge on any atom is 0.252 e. The van der Waals surface area contributed by atoms with Crippen molar-refractivity contribution in [1.29, 1.82) is 0 Å². The molecule has 0 atom stereocenters. The molecule has 6 heteroatoms. The van der Waals surface area contributed by atoms with Gasteiger partial charge in [0.25, 0.3) is 5.91 Å². The second kappa shape index (κ2) is 8.45. The zero-order chi connectivity index (χ0) is 20.2. The van der Waals surface area contributed by atoms with Gasteiger partial charge in [0.2, 0.25) is 10.0 Å². The van der Waals surface area contributed by atoms with Crippen molar-refractivity contribution in [1.82, 2.24) is 9.62 Å². The molecule has 1 N–H and O–H groups in total. The van der Waals surface area contributed by atoms with E-state index in [1.54, 1.807) is 18.2 Å². The van der Waals surface area contributed by atoms with Crippen LogP contribution in [-0.2, 0) is 15.4 Å². The van der Waals surface area contributed by atoms with Crippen LogP contribution in [0.25, 0.3) is 0 Å². The van der Waals surface area contributed by atoms with Crippen molar-refractivity contribution >= 4 is 15.9 Å². The van der Waals surface area contributed by atoms with E-state index >= 15 is 0 Å². The minimum atomic E-state index is -3.67. The highest BCUT2D eigenvalue weighted by Gasteiger charge is 2.30. The van der Waals surface area contributed by atoms with E-state index in [0.717, 1.165) is 24.8 Å². The quantitative estimate of drug-likeness (QED) is 0.806. The highest BCUT2D eigenvalue weighted by Crippen LogP contribution is 2.25. The van der Waals surface area contributed by atoms with Crippen molar-refractivity contribution in [3.63, 3.8) is 0 Å². The molecule has 0 bridgehead atoms. The van der Waals surface area contributed by atoms with E-state index < -0.39 is 10.0 Å². The highest BCUT2D eigenvalue weighted by molar-refractivity contribution is 7.89. The smallest absolute Gasteiger partial charge is 0.252 e. The van der Waals surface area contributed by atoms with Gasteiger partial charge in [0, 0.05) is 25.0 Å². The molecule has 0 unspecified atom stereocenters. The van der Waals surface area contributed by atoms with E-state index in [1.807, 2.05) is 30.3 Å². The molecule has 1 saturated heterocycles. The van der Waals surface area contributed by atoms with Gasteiger partial charge in [-0.1, -0.05) is 62.7 Å². The largest absolute Gasteiger partial charge is 0.351 e. The summed E-state index contributed by atoms with van der Waals surface area (Å²) in [7, 11) is -3.67. The fourth-order valence-electron chi connectivity index (χ4n) is 3.51. The van der Waals surface area contributed by atoms with Gasteiger partial charge in [-0.2, -0.15) is 4.31 Å². The molecule has 1 heterocycles. The Hall–Kier alpha value is -2.18. The SMILES string of the molecule is CC(C)(CNC(=O)c1ccccc1S(=O)(=O)N1CCCCC1)c1ccccc1. The van der Waals surface area contributed by atoms with Crippen LogP contribution >= 0.6 is 0 Å². The number of hydrogen-bond donors (Lipinski definition) is 1. The van der Waals surface area contributed by atoms with Crippen molar-refractivity contribution in [3.05, 3.63) is 65.7 Å². The summed E-state index contributed by atoms with van der Waals surface area (Å²) in [4.78, 5) is 13.0. The molecular formula is C22H28N2O3S. The first-order chi connectivity index (χ1) is 13.3. The van der Waals surface area contributed by atoms with Crippen LogP contribution in [0, 0.1) is 0 Å². The van der Waals surface area contributed by atoms with E-state index in [4.69, 9.17) is 0 Å². The molecule has 150 valence electrons. The summed E-state index contributed by atoms with van der Waals surface area (Å²) in [5, 5.41) is 2.93. The standard InChI is InChI=1S/C22H28N2O3S/c1-22(2,18-11-5-3-6-12-18)17-23-21(25)19-13-7-8-14-20(19)28(26,27)24-15-9-4-10-16-24/h3,5-8,11-14H,4,9-10,15-17H2,1-2H3,(H,23,25). The molecule has 5 nitrogen and oxygen atoms in total. The Morgan fingerprint density at radius 1 is 0.964 bits per heavy atom. The maximum atomic E-state index is 13.1. The molecule has 1 amide bonds. The van der Waals surface area contributed by atoms with Crippen LogP contribution in [-0.4, -0.2) is 38.3 Å². The molecule has 2 aromatic rings. The van der Waals surface area contributed by atoms with Crippen molar-refractivity contribution in [3.8, 4) is 0 Å². The number of sulfonamides is 1. The topological polar surface area (TPSA) is 66.5 Å². The number of piperidine rings is 1. The van der Waals surface area contributed by atoms with Gasteiger partial charge in [-0.25, -0.2) is 8.42 Å². The third-order valence-electron chi connectivity index (χ3n) is 5.31. The number of benzene rings is 2. The second-order valence-corrected chi connectivity index (χ2v) is 9.80. The van der Waals surface area contributed by atoms with E-state index in [0.29, 0.717) is 19.6 Å². The molecule has 0 spiro atoms. The van der Waals surface area contributed by atoms with Crippen LogP contribution in [0.2, 0.25) is 0 Å². The molecule has 0 aliphatic carbocycles. The summed E-state index contributed by atoms with van der Waals surface area (Å²) < 4.78 is 27.7. The number of nitrogens with zero attached hydrogens (tertiary/aromatic N) is 1. The Morgan fingerprint density at radius 3 is 2.25 bits per heavy atom. The Kier molecular flexibility index (Phi) is 6.20. The summed E-state index contributed by atoms with van der Waals surface area (Å²) in [6.45, 7) is 5.55. The first-order valence-electron chi connectivity index (χ1n) is 9.75. The lowest BCUT2D eigenvalue weighted by molar-refractivity contribution is 0.0942. The lowest BCUT2D eigenvalue weighted by Gasteiger charge is -2.27. The minimum absolute atomic E-state index is 0.0897. The third-order valence-corrected chi connectivity index (χ3v) is 7.27. The fraction of sp³-hybridized carbons (Fsp3) is 0.409. The first-order valence-corrected chi connectivity index (χ1v) is 11.2. The monoisotopic (exact) mass is 400 g/mol. The first kappa shape index (κ1) is 20.6. The normalized spacial score (nSPS) is 15.9. The van der Waals surface area contributed by atoms with E-state index in [9.17, 15) is 13.2 Å². The molecule has 1 aliphatic rings. The summed E-state index contributed by atoms with van der Waals surface area (Å²) in [6.07, 6.45) is 2.76. The molecule has 1 fully saturated rings. The van der Waals surface area contributed by atoms with Gasteiger partial charge in [-0.3, -0.25) is 4.79 Å². The van der Waals surface area contributed by atoms with E-state index in [2.05, 4.69) is 19.2 Å². The van der Waals surface area contributed by atoms with Gasteiger partial charge < -0.3 is 5.32 Å². The van der Waals surface area contributed by atoms with Crippen molar-refractivity contribution in [2.75, 3.05) is 19.6 Å². The van der Waals surface area contributed by atoms with E-state index in [1.165, 1.54) is 10.4 Å². The lowest BCUT2D eigenvalue weighted by atomic mass is 9.84. The van der Waals surface area contributed by atoms with Crippen LogP contribution in [0.3, 0.4) is 0 Å². The predicted octanol–water partition coefficient (Wildman–Crippen LogP) is 3.57. The number of nitrogens with one attached hydrogen (secondary N) is 1. The molecule has 3 rings (SSSR count). The summed E-state index contributed by atoms with van der Waals surface area (Å²) in [6, 6.07) is 16.4. The fourth-order valence-corrected chi connectivity index (χ4v) is 5.22. The zero-order valence-electron chi connectivity index (χ0n) is 16.5. The lowest BCUT2D eigenvalue weighted by Crippen LogP contribution is -2.39. The number of rotatable bonds is 6. The Morgan fingerprint density at radius 2 is 1.57 bits per heavy atom. The number of carbonyl (C=O) groups is 1. The summed E-state index contributed by atoms with van der Waals surface area (Å²) in [5.74, 6) is -0.361. The molecule has 0 aromatic heterocycles. The van der Waals surface area contributed by atoms with Crippen LogP contribution in [0.5, 0.6) is 0 Å². The minimum Gasteiger partial charge on any atom is -0.351 e. The third kappa shape index (κ3) is 4.45. The average molecular weight is 401 g/mol. The van der Waals surface area contributed by atoms with Gasteiger partial charge in [-0.15, -0.1) is 0 Å². The highest BCUT2D eigenvalue weighted by atomic mass is 32.2. The van der Waals surface area contributed by atoms with Crippen molar-refractivity contribution in [2.45, 2.75) is 43.4 Å². The zero-order valence-corrected chi connectivity index (χ0v) is 17.3. The molecule has 28 heavy (non-hydrogen) atoms. The van der Waals surface area contributed by atoms with Gasteiger partial charge in [0.15, 0.2) is 0 Å². The molecule has 2 aromatic carbocycles. The maximum absolute atomic E-state index is 13.1. The molecule has 0 radical (unpaired) electrons. The summed E-state index contributed by atoms with van der Waals surface area (Å²) in [5.41, 5.74) is 1.05. The van der Waals surface area contributed by atoms with Crippen LogP contribution < -0.4 is 5.32 Å². The Balaban J connectivity index is 1.79.